The topological polar surface area (TPSA) is 41.1 Å². The van der Waals surface area contributed by atoms with E-state index < -0.39 is 0 Å². The molecule has 0 unspecified atom stereocenters. The summed E-state index contributed by atoms with van der Waals surface area (Å²) in [5, 5.41) is 6.44. The molecule has 104 valence electrons. The highest BCUT2D eigenvalue weighted by molar-refractivity contribution is 5.76. The van der Waals surface area contributed by atoms with Crippen molar-refractivity contribution in [3.8, 4) is 0 Å². The fourth-order valence-corrected chi connectivity index (χ4v) is 3.48. The predicted octanol–water partition coefficient (Wildman–Crippen LogP) is 2.46. The third-order valence-corrected chi connectivity index (χ3v) is 4.83. The van der Waals surface area contributed by atoms with Crippen molar-refractivity contribution in [3.05, 3.63) is 0 Å². The van der Waals surface area contributed by atoms with Gasteiger partial charge in [0.1, 0.15) is 0 Å². The second-order valence-electron chi connectivity index (χ2n) is 6.37. The standard InChI is InChI=1S/C15H28N2O/c1-16-11-15(8-5-9-15)12-17-14(18)10-13-6-3-2-4-7-13/h13,16H,2-12H2,1H3,(H,17,18). The summed E-state index contributed by atoms with van der Waals surface area (Å²) in [6.07, 6.45) is 11.1. The van der Waals surface area contributed by atoms with Crippen LogP contribution in [0.5, 0.6) is 0 Å². The molecule has 1 amide bonds. The molecule has 2 aliphatic carbocycles. The van der Waals surface area contributed by atoms with E-state index in [1.807, 2.05) is 7.05 Å². The van der Waals surface area contributed by atoms with Crippen LogP contribution in [0, 0.1) is 11.3 Å². The number of nitrogens with one attached hydrogen (secondary N) is 2. The zero-order valence-corrected chi connectivity index (χ0v) is 11.8. The summed E-state index contributed by atoms with van der Waals surface area (Å²) >= 11 is 0. The van der Waals surface area contributed by atoms with E-state index in [0.29, 0.717) is 11.3 Å². The third-order valence-electron chi connectivity index (χ3n) is 4.83. The smallest absolute Gasteiger partial charge is 0.220 e. The van der Waals surface area contributed by atoms with Gasteiger partial charge < -0.3 is 10.6 Å². The lowest BCUT2D eigenvalue weighted by Crippen LogP contribution is -2.47. The predicted molar refractivity (Wildman–Crippen MR) is 74.4 cm³/mol. The molecule has 2 rings (SSSR count). The number of hydrogen-bond donors (Lipinski definition) is 2. The van der Waals surface area contributed by atoms with Gasteiger partial charge in [-0.25, -0.2) is 0 Å². The molecule has 0 aromatic heterocycles. The first-order chi connectivity index (χ1) is 8.74. The highest BCUT2D eigenvalue weighted by Gasteiger charge is 2.36. The number of carbonyl (C=O) groups excluding carboxylic acids is 1. The minimum atomic E-state index is 0.282. The van der Waals surface area contributed by atoms with Gasteiger partial charge in [-0.3, -0.25) is 4.79 Å². The van der Waals surface area contributed by atoms with E-state index in [-0.39, 0.29) is 5.91 Å². The van der Waals surface area contributed by atoms with Gasteiger partial charge in [0.15, 0.2) is 0 Å². The van der Waals surface area contributed by atoms with Crippen molar-refractivity contribution >= 4 is 5.91 Å². The largest absolute Gasteiger partial charge is 0.355 e. The van der Waals surface area contributed by atoms with Crippen molar-refractivity contribution in [2.24, 2.45) is 11.3 Å². The zero-order valence-electron chi connectivity index (χ0n) is 11.8. The molecular weight excluding hydrogens is 224 g/mol. The van der Waals surface area contributed by atoms with E-state index in [0.717, 1.165) is 19.5 Å². The van der Waals surface area contributed by atoms with Crippen LogP contribution in [-0.2, 0) is 4.79 Å². The Morgan fingerprint density at radius 2 is 1.83 bits per heavy atom. The van der Waals surface area contributed by atoms with Crippen LogP contribution in [0.25, 0.3) is 0 Å². The average Bonchev–Trinajstić information content (AvgIpc) is 2.34. The van der Waals surface area contributed by atoms with Gasteiger partial charge in [0, 0.05) is 24.9 Å². The van der Waals surface area contributed by atoms with Crippen molar-refractivity contribution in [1.29, 1.82) is 0 Å². The molecule has 0 aromatic carbocycles. The summed E-state index contributed by atoms with van der Waals surface area (Å²) in [6.45, 7) is 1.91. The van der Waals surface area contributed by atoms with Crippen LogP contribution in [-0.4, -0.2) is 26.0 Å². The molecule has 0 aromatic rings. The molecule has 0 saturated heterocycles. The molecule has 0 radical (unpaired) electrons. The molecule has 3 nitrogen and oxygen atoms in total. The summed E-state index contributed by atoms with van der Waals surface area (Å²) in [5.41, 5.74) is 0.358. The van der Waals surface area contributed by atoms with E-state index >= 15 is 0 Å². The number of hydrogen-bond acceptors (Lipinski definition) is 2. The van der Waals surface area contributed by atoms with Gasteiger partial charge in [-0.15, -0.1) is 0 Å². The van der Waals surface area contributed by atoms with Crippen LogP contribution < -0.4 is 10.6 Å². The molecule has 2 aliphatic rings. The van der Waals surface area contributed by atoms with Crippen LogP contribution in [0.1, 0.15) is 57.8 Å². The van der Waals surface area contributed by atoms with Gasteiger partial charge in [0.2, 0.25) is 5.91 Å². The summed E-state index contributed by atoms with van der Waals surface area (Å²) < 4.78 is 0. The maximum absolute atomic E-state index is 12.0. The number of carbonyl (C=O) groups is 1. The Bertz CT molecular complexity index is 268. The minimum absolute atomic E-state index is 0.282. The van der Waals surface area contributed by atoms with Crippen LogP contribution in [0.2, 0.25) is 0 Å². The van der Waals surface area contributed by atoms with Crippen molar-refractivity contribution < 1.29 is 4.79 Å². The minimum Gasteiger partial charge on any atom is -0.355 e. The molecular formula is C15H28N2O. The van der Waals surface area contributed by atoms with E-state index in [1.54, 1.807) is 0 Å². The lowest BCUT2D eigenvalue weighted by molar-refractivity contribution is -0.123. The van der Waals surface area contributed by atoms with E-state index in [9.17, 15) is 4.79 Å². The number of amides is 1. The quantitative estimate of drug-likeness (QED) is 0.762. The fourth-order valence-electron chi connectivity index (χ4n) is 3.48. The van der Waals surface area contributed by atoms with Gasteiger partial charge in [-0.05, 0) is 38.6 Å². The highest BCUT2D eigenvalue weighted by Crippen LogP contribution is 2.39. The van der Waals surface area contributed by atoms with Crippen molar-refractivity contribution in [3.63, 3.8) is 0 Å². The van der Waals surface area contributed by atoms with Gasteiger partial charge in [0.05, 0.1) is 0 Å². The van der Waals surface area contributed by atoms with E-state index in [2.05, 4.69) is 10.6 Å². The van der Waals surface area contributed by atoms with E-state index in [1.165, 1.54) is 51.4 Å². The zero-order chi connectivity index (χ0) is 12.8. The normalized spacial score (nSPS) is 23.4. The second kappa shape index (κ2) is 6.55. The monoisotopic (exact) mass is 252 g/mol. The summed E-state index contributed by atoms with van der Waals surface area (Å²) in [4.78, 5) is 12.0. The highest BCUT2D eigenvalue weighted by atomic mass is 16.1. The average molecular weight is 252 g/mol. The first-order valence-corrected chi connectivity index (χ1v) is 7.65. The Balaban J connectivity index is 1.67. The summed E-state index contributed by atoms with van der Waals surface area (Å²) in [7, 11) is 2.00. The molecule has 0 bridgehead atoms. The van der Waals surface area contributed by atoms with Crippen LogP contribution in [0.4, 0.5) is 0 Å². The summed E-state index contributed by atoms with van der Waals surface area (Å²) in [5.74, 6) is 0.935. The second-order valence-corrected chi connectivity index (χ2v) is 6.37. The Labute approximate surface area is 111 Å². The fraction of sp³-hybridized carbons (Fsp3) is 0.933. The molecule has 0 aliphatic heterocycles. The van der Waals surface area contributed by atoms with Gasteiger partial charge in [-0.2, -0.15) is 0 Å². The van der Waals surface area contributed by atoms with Crippen molar-refractivity contribution in [2.45, 2.75) is 57.8 Å². The summed E-state index contributed by atoms with van der Waals surface area (Å²) in [6, 6.07) is 0. The molecule has 0 heterocycles. The lowest BCUT2D eigenvalue weighted by Gasteiger charge is -2.42. The first-order valence-electron chi connectivity index (χ1n) is 7.65. The van der Waals surface area contributed by atoms with E-state index in [4.69, 9.17) is 0 Å². The third kappa shape index (κ3) is 3.71. The molecule has 2 fully saturated rings. The molecule has 0 spiro atoms. The number of rotatable bonds is 6. The Morgan fingerprint density at radius 1 is 1.11 bits per heavy atom. The first kappa shape index (κ1) is 13.9. The maximum Gasteiger partial charge on any atom is 0.220 e. The van der Waals surface area contributed by atoms with Crippen LogP contribution >= 0.6 is 0 Å². The molecule has 3 heteroatoms. The van der Waals surface area contributed by atoms with Crippen LogP contribution in [0.15, 0.2) is 0 Å². The Hall–Kier alpha value is -0.570. The molecule has 2 saturated carbocycles. The van der Waals surface area contributed by atoms with Crippen molar-refractivity contribution in [2.75, 3.05) is 20.1 Å². The Morgan fingerprint density at radius 3 is 2.39 bits per heavy atom. The van der Waals surface area contributed by atoms with Gasteiger partial charge >= 0.3 is 0 Å². The Kier molecular flexibility index (Phi) is 5.04. The SMILES string of the molecule is CNCC1(CNC(=O)CC2CCCCC2)CCC1. The maximum atomic E-state index is 12.0. The van der Waals surface area contributed by atoms with Gasteiger partial charge in [-0.1, -0.05) is 25.7 Å². The molecule has 0 atom stereocenters. The molecule has 2 N–H and O–H groups in total. The van der Waals surface area contributed by atoms with Crippen molar-refractivity contribution in [1.82, 2.24) is 10.6 Å². The van der Waals surface area contributed by atoms with Gasteiger partial charge in [0.25, 0.3) is 0 Å². The lowest BCUT2D eigenvalue weighted by atomic mass is 9.68. The molecule has 18 heavy (non-hydrogen) atoms. The van der Waals surface area contributed by atoms with Crippen LogP contribution in [0.3, 0.4) is 0 Å².